The standard InChI is InChI=1S/C12H12N2O/c1-8(15)14-12-5-3-9-6-11(13)4-2-10(9)7-12/h2-7H,13H2,1H3,(H,14,15). The lowest BCUT2D eigenvalue weighted by molar-refractivity contribution is -0.114. The van der Waals surface area contributed by atoms with E-state index in [4.69, 9.17) is 5.73 Å². The zero-order valence-corrected chi connectivity index (χ0v) is 8.45. The Kier molecular flexibility index (Phi) is 2.29. The Morgan fingerprint density at radius 1 is 1.13 bits per heavy atom. The van der Waals surface area contributed by atoms with Crippen molar-refractivity contribution in [2.24, 2.45) is 0 Å². The summed E-state index contributed by atoms with van der Waals surface area (Å²) in [5, 5.41) is 4.88. The molecule has 0 heterocycles. The molecule has 0 bridgehead atoms. The van der Waals surface area contributed by atoms with Crippen LogP contribution in [0.5, 0.6) is 0 Å². The van der Waals surface area contributed by atoms with Crippen LogP contribution >= 0.6 is 0 Å². The summed E-state index contributed by atoms with van der Waals surface area (Å²) in [5.41, 5.74) is 7.22. The van der Waals surface area contributed by atoms with Crippen molar-refractivity contribution in [3.05, 3.63) is 36.4 Å². The molecule has 0 aromatic heterocycles. The summed E-state index contributed by atoms with van der Waals surface area (Å²) in [7, 11) is 0. The minimum absolute atomic E-state index is 0.0650. The Morgan fingerprint density at radius 2 is 1.80 bits per heavy atom. The third-order valence-electron chi connectivity index (χ3n) is 2.18. The van der Waals surface area contributed by atoms with Crippen molar-refractivity contribution in [2.75, 3.05) is 11.1 Å². The van der Waals surface area contributed by atoms with Crippen LogP contribution in [0.4, 0.5) is 11.4 Å². The lowest BCUT2D eigenvalue weighted by Crippen LogP contribution is -2.05. The topological polar surface area (TPSA) is 55.1 Å². The maximum absolute atomic E-state index is 10.9. The molecule has 3 N–H and O–H groups in total. The molecule has 0 saturated heterocycles. The van der Waals surface area contributed by atoms with Crippen LogP contribution in [0.2, 0.25) is 0 Å². The van der Waals surface area contributed by atoms with Gasteiger partial charge < -0.3 is 11.1 Å². The molecule has 0 aliphatic carbocycles. The van der Waals surface area contributed by atoms with Gasteiger partial charge in [-0.3, -0.25) is 4.79 Å². The summed E-state index contributed by atoms with van der Waals surface area (Å²) in [4.78, 5) is 10.9. The minimum atomic E-state index is -0.0650. The molecule has 3 heteroatoms. The maximum atomic E-state index is 10.9. The number of rotatable bonds is 1. The summed E-state index contributed by atoms with van der Waals surface area (Å²) in [6.45, 7) is 1.49. The summed E-state index contributed by atoms with van der Waals surface area (Å²) in [6, 6.07) is 11.4. The van der Waals surface area contributed by atoms with Gasteiger partial charge in [-0.1, -0.05) is 12.1 Å². The smallest absolute Gasteiger partial charge is 0.221 e. The molecule has 2 rings (SSSR count). The zero-order chi connectivity index (χ0) is 10.8. The molecule has 0 unspecified atom stereocenters. The van der Waals surface area contributed by atoms with Gasteiger partial charge in [-0.15, -0.1) is 0 Å². The fourth-order valence-electron chi connectivity index (χ4n) is 1.55. The van der Waals surface area contributed by atoms with Crippen molar-refractivity contribution in [3.8, 4) is 0 Å². The van der Waals surface area contributed by atoms with Gasteiger partial charge in [0, 0.05) is 18.3 Å². The van der Waals surface area contributed by atoms with E-state index in [0.29, 0.717) is 0 Å². The highest BCUT2D eigenvalue weighted by molar-refractivity contribution is 5.93. The van der Waals surface area contributed by atoms with Crippen molar-refractivity contribution in [1.82, 2.24) is 0 Å². The second-order valence-electron chi connectivity index (χ2n) is 3.50. The summed E-state index contributed by atoms with van der Waals surface area (Å²) in [6.07, 6.45) is 0. The van der Waals surface area contributed by atoms with E-state index in [1.165, 1.54) is 6.92 Å². The average Bonchev–Trinajstić information content (AvgIpc) is 2.17. The predicted octanol–water partition coefficient (Wildman–Crippen LogP) is 2.38. The van der Waals surface area contributed by atoms with Crippen molar-refractivity contribution >= 4 is 28.1 Å². The molecule has 0 saturated carbocycles. The van der Waals surface area contributed by atoms with Gasteiger partial charge in [-0.05, 0) is 35.0 Å². The molecule has 15 heavy (non-hydrogen) atoms. The number of carbonyl (C=O) groups excluding carboxylic acids is 1. The lowest BCUT2D eigenvalue weighted by atomic mass is 10.1. The van der Waals surface area contributed by atoms with Crippen LogP contribution in [-0.4, -0.2) is 5.91 Å². The van der Waals surface area contributed by atoms with Gasteiger partial charge in [0.05, 0.1) is 0 Å². The molecule has 0 spiro atoms. The first-order valence-corrected chi connectivity index (χ1v) is 4.72. The summed E-state index contributed by atoms with van der Waals surface area (Å²) in [5.74, 6) is -0.0650. The number of nitrogen functional groups attached to an aromatic ring is 1. The van der Waals surface area contributed by atoms with E-state index in [9.17, 15) is 4.79 Å². The molecule has 0 aliphatic heterocycles. The Labute approximate surface area is 87.9 Å². The summed E-state index contributed by atoms with van der Waals surface area (Å²) >= 11 is 0. The molecular weight excluding hydrogens is 188 g/mol. The number of nitrogens with one attached hydrogen (secondary N) is 1. The SMILES string of the molecule is CC(=O)Nc1ccc2cc(N)ccc2c1. The molecule has 0 fully saturated rings. The highest BCUT2D eigenvalue weighted by Crippen LogP contribution is 2.21. The summed E-state index contributed by atoms with van der Waals surface area (Å²) < 4.78 is 0. The van der Waals surface area contributed by atoms with E-state index >= 15 is 0 Å². The van der Waals surface area contributed by atoms with E-state index < -0.39 is 0 Å². The number of nitrogens with two attached hydrogens (primary N) is 1. The van der Waals surface area contributed by atoms with Crippen LogP contribution in [0.25, 0.3) is 10.8 Å². The van der Waals surface area contributed by atoms with E-state index in [-0.39, 0.29) is 5.91 Å². The number of benzene rings is 2. The molecule has 76 valence electrons. The monoisotopic (exact) mass is 200 g/mol. The number of hydrogen-bond acceptors (Lipinski definition) is 2. The molecule has 1 amide bonds. The quantitative estimate of drug-likeness (QED) is 0.694. The molecule has 2 aromatic carbocycles. The highest BCUT2D eigenvalue weighted by Gasteiger charge is 1.98. The fourth-order valence-corrected chi connectivity index (χ4v) is 1.55. The van der Waals surface area contributed by atoms with Crippen molar-refractivity contribution < 1.29 is 4.79 Å². The van der Waals surface area contributed by atoms with Gasteiger partial charge in [0.15, 0.2) is 0 Å². The van der Waals surface area contributed by atoms with E-state index in [1.54, 1.807) is 0 Å². The van der Waals surface area contributed by atoms with Gasteiger partial charge in [0.2, 0.25) is 5.91 Å². The zero-order valence-electron chi connectivity index (χ0n) is 8.45. The van der Waals surface area contributed by atoms with Gasteiger partial charge in [-0.25, -0.2) is 0 Å². The fraction of sp³-hybridized carbons (Fsp3) is 0.0833. The van der Waals surface area contributed by atoms with Gasteiger partial charge >= 0.3 is 0 Å². The largest absolute Gasteiger partial charge is 0.399 e. The van der Waals surface area contributed by atoms with Crippen molar-refractivity contribution in [1.29, 1.82) is 0 Å². The second kappa shape index (κ2) is 3.61. The molecule has 0 radical (unpaired) electrons. The second-order valence-corrected chi connectivity index (χ2v) is 3.50. The Hall–Kier alpha value is -2.03. The Bertz CT molecular complexity index is 520. The Morgan fingerprint density at radius 3 is 2.53 bits per heavy atom. The Balaban J connectivity index is 2.47. The van der Waals surface area contributed by atoms with Gasteiger partial charge in [-0.2, -0.15) is 0 Å². The van der Waals surface area contributed by atoms with E-state index in [0.717, 1.165) is 22.1 Å². The van der Waals surface area contributed by atoms with Crippen LogP contribution < -0.4 is 11.1 Å². The normalized spacial score (nSPS) is 10.2. The van der Waals surface area contributed by atoms with Crippen molar-refractivity contribution in [2.45, 2.75) is 6.92 Å². The van der Waals surface area contributed by atoms with Gasteiger partial charge in [0.1, 0.15) is 0 Å². The molecule has 2 aromatic rings. The maximum Gasteiger partial charge on any atom is 0.221 e. The van der Waals surface area contributed by atoms with Crippen LogP contribution in [0.1, 0.15) is 6.92 Å². The number of anilines is 2. The van der Waals surface area contributed by atoms with E-state index in [2.05, 4.69) is 5.32 Å². The van der Waals surface area contributed by atoms with Crippen LogP contribution in [0.15, 0.2) is 36.4 Å². The third kappa shape index (κ3) is 2.07. The number of fused-ring (bicyclic) bond motifs is 1. The highest BCUT2D eigenvalue weighted by atomic mass is 16.1. The molecule has 0 aliphatic rings. The number of carbonyl (C=O) groups is 1. The van der Waals surface area contributed by atoms with Crippen molar-refractivity contribution in [3.63, 3.8) is 0 Å². The first-order chi connectivity index (χ1) is 7.15. The van der Waals surface area contributed by atoms with Crippen LogP contribution in [0, 0.1) is 0 Å². The van der Waals surface area contributed by atoms with Gasteiger partial charge in [0.25, 0.3) is 0 Å². The molecular formula is C12H12N2O. The average molecular weight is 200 g/mol. The lowest BCUT2D eigenvalue weighted by Gasteiger charge is -2.04. The molecule has 0 atom stereocenters. The number of hydrogen-bond donors (Lipinski definition) is 2. The van der Waals surface area contributed by atoms with E-state index in [1.807, 2.05) is 36.4 Å². The number of amides is 1. The minimum Gasteiger partial charge on any atom is -0.399 e. The molecule has 3 nitrogen and oxygen atoms in total. The first kappa shape index (κ1) is 9.52. The van der Waals surface area contributed by atoms with Crippen LogP contribution in [0.3, 0.4) is 0 Å². The predicted molar refractivity (Wildman–Crippen MR) is 62.7 cm³/mol. The third-order valence-corrected chi connectivity index (χ3v) is 2.18. The first-order valence-electron chi connectivity index (χ1n) is 4.72. The van der Waals surface area contributed by atoms with Crippen LogP contribution in [-0.2, 0) is 4.79 Å².